The van der Waals surface area contributed by atoms with Crippen LogP contribution in [-0.4, -0.2) is 24.7 Å². The largest absolute Gasteiger partial charge is 0.484 e. The molecule has 6 nitrogen and oxygen atoms in total. The SMILES string of the molecule is CNc1ccc(OCC(=O)Nc2cc(C)on2)cc1. The number of hydrogen-bond donors (Lipinski definition) is 2. The first-order valence-electron chi connectivity index (χ1n) is 5.81. The zero-order valence-corrected chi connectivity index (χ0v) is 10.8. The van der Waals surface area contributed by atoms with Gasteiger partial charge in [0.15, 0.2) is 12.4 Å². The van der Waals surface area contributed by atoms with Crippen LogP contribution in [0.2, 0.25) is 0 Å². The summed E-state index contributed by atoms with van der Waals surface area (Å²) in [7, 11) is 1.84. The van der Waals surface area contributed by atoms with Crippen molar-refractivity contribution in [2.45, 2.75) is 6.92 Å². The number of hydrogen-bond acceptors (Lipinski definition) is 5. The van der Waals surface area contributed by atoms with E-state index < -0.39 is 0 Å². The first-order chi connectivity index (χ1) is 9.17. The summed E-state index contributed by atoms with van der Waals surface area (Å²) in [5.41, 5.74) is 0.981. The number of benzene rings is 1. The lowest BCUT2D eigenvalue weighted by molar-refractivity contribution is -0.118. The molecule has 19 heavy (non-hydrogen) atoms. The molecule has 2 rings (SSSR count). The van der Waals surface area contributed by atoms with Crippen LogP contribution >= 0.6 is 0 Å². The number of carbonyl (C=O) groups is 1. The van der Waals surface area contributed by atoms with E-state index in [0.717, 1.165) is 5.69 Å². The molecule has 0 aliphatic carbocycles. The van der Waals surface area contributed by atoms with E-state index in [-0.39, 0.29) is 12.5 Å². The van der Waals surface area contributed by atoms with Gasteiger partial charge in [-0.05, 0) is 31.2 Å². The van der Waals surface area contributed by atoms with Crippen LogP contribution in [0.1, 0.15) is 5.76 Å². The minimum atomic E-state index is -0.286. The van der Waals surface area contributed by atoms with Crippen LogP contribution < -0.4 is 15.4 Å². The highest BCUT2D eigenvalue weighted by Gasteiger charge is 2.06. The number of aryl methyl sites for hydroxylation is 1. The molecule has 0 radical (unpaired) electrons. The lowest BCUT2D eigenvalue weighted by atomic mass is 10.3. The van der Waals surface area contributed by atoms with Crippen molar-refractivity contribution in [2.24, 2.45) is 0 Å². The number of anilines is 2. The second kappa shape index (κ2) is 5.90. The molecule has 0 aliphatic heterocycles. The Hall–Kier alpha value is -2.50. The summed E-state index contributed by atoms with van der Waals surface area (Å²) in [6, 6.07) is 8.96. The van der Waals surface area contributed by atoms with Crippen molar-refractivity contribution >= 4 is 17.4 Å². The van der Waals surface area contributed by atoms with E-state index in [2.05, 4.69) is 15.8 Å². The smallest absolute Gasteiger partial charge is 0.263 e. The van der Waals surface area contributed by atoms with Crippen molar-refractivity contribution in [2.75, 3.05) is 24.3 Å². The highest BCUT2D eigenvalue weighted by Crippen LogP contribution is 2.15. The average molecular weight is 261 g/mol. The molecule has 0 atom stereocenters. The predicted octanol–water partition coefficient (Wildman–Crippen LogP) is 2.04. The summed E-state index contributed by atoms with van der Waals surface area (Å²) in [5, 5.41) is 9.24. The first kappa shape index (κ1) is 12.9. The quantitative estimate of drug-likeness (QED) is 0.861. The molecule has 0 aliphatic rings. The number of nitrogens with one attached hydrogen (secondary N) is 2. The van der Waals surface area contributed by atoms with Gasteiger partial charge in [0.1, 0.15) is 11.5 Å². The molecule has 6 heteroatoms. The van der Waals surface area contributed by atoms with Crippen LogP contribution in [0, 0.1) is 6.92 Å². The fourth-order valence-corrected chi connectivity index (χ4v) is 1.47. The Balaban J connectivity index is 1.82. The Morgan fingerprint density at radius 1 is 1.37 bits per heavy atom. The third kappa shape index (κ3) is 3.74. The number of rotatable bonds is 5. The minimum absolute atomic E-state index is 0.0786. The van der Waals surface area contributed by atoms with Gasteiger partial charge in [-0.2, -0.15) is 0 Å². The molecule has 2 aromatic rings. The van der Waals surface area contributed by atoms with Gasteiger partial charge in [0.2, 0.25) is 0 Å². The van der Waals surface area contributed by atoms with Crippen molar-refractivity contribution in [3.8, 4) is 5.75 Å². The highest BCUT2D eigenvalue weighted by molar-refractivity contribution is 5.90. The van der Waals surface area contributed by atoms with Crippen LogP contribution in [0.3, 0.4) is 0 Å². The van der Waals surface area contributed by atoms with E-state index in [1.165, 1.54) is 0 Å². The Bertz CT molecular complexity index is 549. The summed E-state index contributed by atoms with van der Waals surface area (Å²) in [6.07, 6.45) is 0. The van der Waals surface area contributed by atoms with Crippen molar-refractivity contribution in [3.63, 3.8) is 0 Å². The highest BCUT2D eigenvalue weighted by atomic mass is 16.5. The van der Waals surface area contributed by atoms with E-state index >= 15 is 0 Å². The normalized spacial score (nSPS) is 10.0. The Kier molecular flexibility index (Phi) is 4.02. The maximum absolute atomic E-state index is 11.6. The monoisotopic (exact) mass is 261 g/mol. The molecule has 100 valence electrons. The second-order valence-corrected chi connectivity index (χ2v) is 3.93. The topological polar surface area (TPSA) is 76.4 Å². The summed E-state index contributed by atoms with van der Waals surface area (Å²) >= 11 is 0. The second-order valence-electron chi connectivity index (χ2n) is 3.93. The molecule has 1 heterocycles. The molecule has 0 unspecified atom stereocenters. The molecule has 1 aromatic heterocycles. The molecule has 1 amide bonds. The van der Waals surface area contributed by atoms with Gasteiger partial charge in [-0.3, -0.25) is 4.79 Å². The van der Waals surface area contributed by atoms with E-state index in [0.29, 0.717) is 17.3 Å². The van der Waals surface area contributed by atoms with Gasteiger partial charge in [0, 0.05) is 18.8 Å². The van der Waals surface area contributed by atoms with Gasteiger partial charge >= 0.3 is 0 Å². The molecule has 0 saturated heterocycles. The van der Waals surface area contributed by atoms with Crippen LogP contribution in [0.25, 0.3) is 0 Å². The van der Waals surface area contributed by atoms with Gasteiger partial charge in [0.05, 0.1) is 0 Å². The minimum Gasteiger partial charge on any atom is -0.484 e. The van der Waals surface area contributed by atoms with Crippen LogP contribution in [0.4, 0.5) is 11.5 Å². The average Bonchev–Trinajstić information content (AvgIpc) is 2.82. The zero-order chi connectivity index (χ0) is 13.7. The van der Waals surface area contributed by atoms with Gasteiger partial charge in [-0.1, -0.05) is 5.16 Å². The maximum atomic E-state index is 11.6. The third-order valence-corrected chi connectivity index (χ3v) is 2.41. The number of carbonyl (C=O) groups excluding carboxylic acids is 1. The van der Waals surface area contributed by atoms with Gasteiger partial charge in [-0.25, -0.2) is 0 Å². The predicted molar refractivity (Wildman–Crippen MR) is 71.4 cm³/mol. The molecule has 2 N–H and O–H groups in total. The van der Waals surface area contributed by atoms with Crippen molar-refractivity contribution in [1.29, 1.82) is 0 Å². The van der Waals surface area contributed by atoms with Crippen LogP contribution in [0.5, 0.6) is 5.75 Å². The van der Waals surface area contributed by atoms with Gasteiger partial charge in [0.25, 0.3) is 5.91 Å². The molecular weight excluding hydrogens is 246 g/mol. The van der Waals surface area contributed by atoms with Crippen LogP contribution in [0.15, 0.2) is 34.9 Å². The van der Waals surface area contributed by atoms with Gasteiger partial charge in [-0.15, -0.1) is 0 Å². The lowest BCUT2D eigenvalue weighted by Crippen LogP contribution is -2.20. The number of aromatic nitrogens is 1. The first-order valence-corrected chi connectivity index (χ1v) is 5.81. The van der Waals surface area contributed by atoms with Crippen LogP contribution in [-0.2, 0) is 4.79 Å². The summed E-state index contributed by atoms with van der Waals surface area (Å²) in [6.45, 7) is 1.67. The van der Waals surface area contributed by atoms with E-state index in [4.69, 9.17) is 9.26 Å². The molecular formula is C13H15N3O3. The standard InChI is InChI=1S/C13H15N3O3/c1-9-7-12(16-19-9)15-13(17)8-18-11-5-3-10(14-2)4-6-11/h3-7,14H,8H2,1-2H3,(H,15,16,17). The molecule has 0 saturated carbocycles. The van der Waals surface area contributed by atoms with Crippen molar-refractivity contribution in [1.82, 2.24) is 5.16 Å². The van der Waals surface area contributed by atoms with E-state index in [1.807, 2.05) is 19.2 Å². The number of ether oxygens (including phenoxy) is 1. The van der Waals surface area contributed by atoms with E-state index in [1.54, 1.807) is 25.1 Å². The van der Waals surface area contributed by atoms with Crippen molar-refractivity contribution < 1.29 is 14.1 Å². The summed E-state index contributed by atoms with van der Waals surface area (Å²) in [5.74, 6) is 1.37. The summed E-state index contributed by atoms with van der Waals surface area (Å²) < 4.78 is 10.2. The summed E-state index contributed by atoms with van der Waals surface area (Å²) in [4.78, 5) is 11.6. The third-order valence-electron chi connectivity index (χ3n) is 2.41. The molecule has 1 aromatic carbocycles. The van der Waals surface area contributed by atoms with E-state index in [9.17, 15) is 4.79 Å². The molecule has 0 bridgehead atoms. The number of amides is 1. The zero-order valence-electron chi connectivity index (χ0n) is 10.8. The fraction of sp³-hybridized carbons (Fsp3) is 0.231. The van der Waals surface area contributed by atoms with Crippen molar-refractivity contribution in [3.05, 3.63) is 36.1 Å². The number of nitrogens with zero attached hydrogens (tertiary/aromatic N) is 1. The maximum Gasteiger partial charge on any atom is 0.263 e. The molecule has 0 spiro atoms. The Morgan fingerprint density at radius 2 is 2.11 bits per heavy atom. The Labute approximate surface area is 110 Å². The Morgan fingerprint density at radius 3 is 2.68 bits per heavy atom. The lowest BCUT2D eigenvalue weighted by Gasteiger charge is -2.06. The van der Waals surface area contributed by atoms with Gasteiger partial charge < -0.3 is 19.9 Å². The fourth-order valence-electron chi connectivity index (χ4n) is 1.47. The molecule has 0 fully saturated rings.